The normalized spacial score (nSPS) is 20.4. The lowest BCUT2D eigenvalue weighted by Gasteiger charge is -2.20. The number of aryl methyl sites for hydroxylation is 2. The fraction of sp³-hybridized carbons (Fsp3) is 0.318. The minimum absolute atomic E-state index is 0.109. The SMILES string of the molecule is Cc1ccc2cc(C(=O)N3C[C@H](c4ccccc4C)C[C@H]3C)[nH]c2c1. The number of nitrogens with one attached hydrogen (secondary N) is 1. The molecule has 3 nitrogen and oxygen atoms in total. The Labute approximate surface area is 148 Å². The molecule has 1 aromatic heterocycles. The van der Waals surface area contributed by atoms with Crippen LogP contribution in [-0.2, 0) is 0 Å². The van der Waals surface area contributed by atoms with Gasteiger partial charge in [-0.3, -0.25) is 4.79 Å². The van der Waals surface area contributed by atoms with Crippen molar-refractivity contribution in [2.45, 2.75) is 39.2 Å². The molecule has 1 N–H and O–H groups in total. The molecule has 0 spiro atoms. The van der Waals surface area contributed by atoms with E-state index in [1.54, 1.807) is 0 Å². The third-order valence-corrected chi connectivity index (χ3v) is 5.47. The van der Waals surface area contributed by atoms with Crippen LogP contribution in [0.15, 0.2) is 48.5 Å². The maximum atomic E-state index is 13.1. The van der Waals surface area contributed by atoms with Gasteiger partial charge in [0.1, 0.15) is 5.69 Å². The first-order chi connectivity index (χ1) is 12.0. The van der Waals surface area contributed by atoms with Crippen LogP contribution in [-0.4, -0.2) is 28.4 Å². The molecule has 1 saturated heterocycles. The Morgan fingerprint density at radius 3 is 2.72 bits per heavy atom. The lowest BCUT2D eigenvalue weighted by Crippen LogP contribution is -2.34. The Kier molecular flexibility index (Phi) is 3.87. The van der Waals surface area contributed by atoms with Gasteiger partial charge in [-0.15, -0.1) is 0 Å². The molecule has 1 fully saturated rings. The van der Waals surface area contributed by atoms with E-state index in [1.165, 1.54) is 16.7 Å². The van der Waals surface area contributed by atoms with Crippen LogP contribution in [0.5, 0.6) is 0 Å². The Balaban J connectivity index is 1.60. The number of aromatic amines is 1. The molecule has 0 bridgehead atoms. The van der Waals surface area contributed by atoms with Crippen molar-refractivity contribution in [3.05, 3.63) is 70.9 Å². The first kappa shape index (κ1) is 15.9. The molecule has 2 atom stereocenters. The van der Waals surface area contributed by atoms with Gasteiger partial charge in [0.25, 0.3) is 5.91 Å². The molecule has 1 amide bonds. The van der Waals surface area contributed by atoms with Crippen molar-refractivity contribution in [2.75, 3.05) is 6.54 Å². The zero-order valence-electron chi connectivity index (χ0n) is 15.0. The molecular weight excluding hydrogens is 308 g/mol. The number of nitrogens with zero attached hydrogens (tertiary/aromatic N) is 1. The third kappa shape index (κ3) is 2.84. The molecule has 0 saturated carbocycles. The fourth-order valence-corrected chi connectivity index (χ4v) is 4.09. The predicted octanol–water partition coefficient (Wildman–Crippen LogP) is 4.80. The highest BCUT2D eigenvalue weighted by Gasteiger charge is 2.34. The summed E-state index contributed by atoms with van der Waals surface area (Å²) in [6, 6.07) is 17.0. The maximum absolute atomic E-state index is 13.1. The molecule has 1 aliphatic heterocycles. The van der Waals surface area contributed by atoms with Crippen LogP contribution in [0.2, 0.25) is 0 Å². The highest BCUT2D eigenvalue weighted by Crippen LogP contribution is 2.34. The number of likely N-dealkylation sites (tertiary alicyclic amines) is 1. The average Bonchev–Trinajstić information content (AvgIpc) is 3.18. The molecule has 0 unspecified atom stereocenters. The number of H-pyrrole nitrogens is 1. The summed E-state index contributed by atoms with van der Waals surface area (Å²) in [5, 5.41) is 1.09. The van der Waals surface area contributed by atoms with Crippen LogP contribution in [0.4, 0.5) is 0 Å². The Morgan fingerprint density at radius 2 is 1.92 bits per heavy atom. The van der Waals surface area contributed by atoms with E-state index in [1.807, 2.05) is 11.0 Å². The van der Waals surface area contributed by atoms with E-state index >= 15 is 0 Å². The number of benzene rings is 2. The van der Waals surface area contributed by atoms with Crippen LogP contribution in [0, 0.1) is 13.8 Å². The van der Waals surface area contributed by atoms with Gasteiger partial charge in [0, 0.05) is 29.4 Å². The lowest BCUT2D eigenvalue weighted by molar-refractivity contribution is 0.0741. The topological polar surface area (TPSA) is 36.1 Å². The molecule has 3 aromatic rings. The summed E-state index contributed by atoms with van der Waals surface area (Å²) >= 11 is 0. The van der Waals surface area contributed by atoms with Crippen molar-refractivity contribution in [1.82, 2.24) is 9.88 Å². The summed E-state index contributed by atoms with van der Waals surface area (Å²) in [5.74, 6) is 0.532. The van der Waals surface area contributed by atoms with E-state index in [2.05, 4.69) is 68.2 Å². The minimum Gasteiger partial charge on any atom is -0.351 e. The molecular formula is C22H24N2O. The van der Waals surface area contributed by atoms with Crippen LogP contribution in [0.1, 0.15) is 46.4 Å². The minimum atomic E-state index is 0.109. The summed E-state index contributed by atoms with van der Waals surface area (Å²) in [7, 11) is 0. The molecule has 0 aliphatic carbocycles. The maximum Gasteiger partial charge on any atom is 0.270 e. The van der Waals surface area contributed by atoms with Gasteiger partial charge in [-0.05, 0) is 56.0 Å². The standard InChI is InChI=1S/C22H24N2O/c1-14-8-9-17-12-21(23-20(17)10-14)22(25)24-13-18(11-16(24)3)19-7-5-4-6-15(19)2/h4-10,12,16,18,23H,11,13H2,1-3H3/t16-,18-/m1/s1. The molecule has 2 heterocycles. The summed E-state index contributed by atoms with van der Waals surface area (Å²) in [5.41, 5.74) is 5.61. The molecule has 128 valence electrons. The van der Waals surface area contributed by atoms with E-state index in [4.69, 9.17) is 0 Å². The quantitative estimate of drug-likeness (QED) is 0.719. The van der Waals surface area contributed by atoms with E-state index in [9.17, 15) is 4.79 Å². The largest absolute Gasteiger partial charge is 0.351 e. The van der Waals surface area contributed by atoms with Crippen LogP contribution in [0.3, 0.4) is 0 Å². The van der Waals surface area contributed by atoms with Crippen molar-refractivity contribution < 1.29 is 4.79 Å². The number of amides is 1. The first-order valence-electron chi connectivity index (χ1n) is 8.99. The zero-order chi connectivity index (χ0) is 17.6. The Hall–Kier alpha value is -2.55. The molecule has 2 aromatic carbocycles. The summed E-state index contributed by atoms with van der Waals surface area (Å²) in [6.07, 6.45) is 1.02. The molecule has 0 radical (unpaired) electrons. The van der Waals surface area contributed by atoms with Gasteiger partial charge in [-0.1, -0.05) is 36.4 Å². The van der Waals surface area contributed by atoms with Crippen molar-refractivity contribution in [3.8, 4) is 0 Å². The summed E-state index contributed by atoms with van der Waals surface area (Å²) in [4.78, 5) is 18.4. The average molecular weight is 332 g/mol. The molecule has 3 heteroatoms. The highest BCUT2D eigenvalue weighted by molar-refractivity contribution is 5.98. The number of hydrogen-bond donors (Lipinski definition) is 1. The number of fused-ring (bicyclic) bond motifs is 1. The monoisotopic (exact) mass is 332 g/mol. The molecule has 1 aliphatic rings. The van der Waals surface area contributed by atoms with E-state index < -0.39 is 0 Å². The van der Waals surface area contributed by atoms with E-state index in [-0.39, 0.29) is 11.9 Å². The van der Waals surface area contributed by atoms with Gasteiger partial charge in [-0.2, -0.15) is 0 Å². The van der Waals surface area contributed by atoms with Gasteiger partial charge in [0.05, 0.1) is 0 Å². The smallest absolute Gasteiger partial charge is 0.270 e. The summed E-state index contributed by atoms with van der Waals surface area (Å²) in [6.45, 7) is 7.17. The zero-order valence-corrected chi connectivity index (χ0v) is 15.0. The number of aromatic nitrogens is 1. The van der Waals surface area contributed by atoms with Crippen molar-refractivity contribution in [2.24, 2.45) is 0 Å². The van der Waals surface area contributed by atoms with Crippen molar-refractivity contribution >= 4 is 16.8 Å². The lowest BCUT2D eigenvalue weighted by atomic mass is 9.93. The number of carbonyl (C=O) groups excluding carboxylic acids is 1. The summed E-state index contributed by atoms with van der Waals surface area (Å²) < 4.78 is 0. The van der Waals surface area contributed by atoms with E-state index in [0.29, 0.717) is 11.6 Å². The number of carbonyl (C=O) groups is 1. The van der Waals surface area contributed by atoms with Gasteiger partial charge in [0.2, 0.25) is 0 Å². The first-order valence-corrected chi connectivity index (χ1v) is 8.99. The molecule has 4 rings (SSSR count). The van der Waals surface area contributed by atoms with Crippen LogP contribution < -0.4 is 0 Å². The van der Waals surface area contributed by atoms with Gasteiger partial charge in [0.15, 0.2) is 0 Å². The van der Waals surface area contributed by atoms with E-state index in [0.717, 1.165) is 23.9 Å². The third-order valence-electron chi connectivity index (χ3n) is 5.47. The van der Waals surface area contributed by atoms with Gasteiger partial charge >= 0.3 is 0 Å². The Bertz CT molecular complexity index is 940. The second-order valence-corrected chi connectivity index (χ2v) is 7.37. The second kappa shape index (κ2) is 6.07. The second-order valence-electron chi connectivity index (χ2n) is 7.37. The van der Waals surface area contributed by atoms with Gasteiger partial charge < -0.3 is 9.88 Å². The van der Waals surface area contributed by atoms with Crippen LogP contribution >= 0.6 is 0 Å². The van der Waals surface area contributed by atoms with Gasteiger partial charge in [-0.25, -0.2) is 0 Å². The molecule has 25 heavy (non-hydrogen) atoms. The fourth-order valence-electron chi connectivity index (χ4n) is 4.09. The van der Waals surface area contributed by atoms with Crippen molar-refractivity contribution in [1.29, 1.82) is 0 Å². The Morgan fingerprint density at radius 1 is 1.12 bits per heavy atom. The van der Waals surface area contributed by atoms with Crippen LogP contribution in [0.25, 0.3) is 10.9 Å². The predicted molar refractivity (Wildman–Crippen MR) is 102 cm³/mol. The number of rotatable bonds is 2. The number of hydrogen-bond acceptors (Lipinski definition) is 1. The van der Waals surface area contributed by atoms with Crippen molar-refractivity contribution in [3.63, 3.8) is 0 Å². The highest BCUT2D eigenvalue weighted by atomic mass is 16.2.